The molecular formula is C15H19F3N2O. The van der Waals surface area contributed by atoms with E-state index in [0.717, 1.165) is 43.6 Å². The van der Waals surface area contributed by atoms with Crippen LogP contribution in [0, 0.1) is 0 Å². The predicted molar refractivity (Wildman–Crippen MR) is 73.5 cm³/mol. The topological polar surface area (TPSA) is 34.1 Å². The zero-order valence-corrected chi connectivity index (χ0v) is 11.9. The molecule has 0 radical (unpaired) electrons. The number of hydrogen-bond donors (Lipinski definition) is 1. The molecule has 0 aromatic carbocycles. The van der Waals surface area contributed by atoms with Gasteiger partial charge in [0.15, 0.2) is 0 Å². The monoisotopic (exact) mass is 300 g/mol. The van der Waals surface area contributed by atoms with E-state index in [9.17, 15) is 13.2 Å². The summed E-state index contributed by atoms with van der Waals surface area (Å²) in [6.07, 6.45) is 0.952. The zero-order chi connectivity index (χ0) is 15.3. The van der Waals surface area contributed by atoms with Crippen molar-refractivity contribution in [3.8, 4) is 0 Å². The van der Waals surface area contributed by atoms with Crippen LogP contribution >= 0.6 is 0 Å². The van der Waals surface area contributed by atoms with Gasteiger partial charge in [0, 0.05) is 6.20 Å². The molecule has 1 aromatic rings. The molecule has 21 heavy (non-hydrogen) atoms. The molecule has 1 atom stereocenters. The highest BCUT2D eigenvalue weighted by molar-refractivity contribution is 5.25. The number of nitrogens with zero attached hydrogens (tertiary/aromatic N) is 1. The molecule has 1 aliphatic heterocycles. The fourth-order valence-electron chi connectivity index (χ4n) is 2.25. The molecule has 1 aliphatic rings. The first-order valence-corrected chi connectivity index (χ1v) is 7.09. The zero-order valence-electron chi connectivity index (χ0n) is 11.9. The van der Waals surface area contributed by atoms with Crippen molar-refractivity contribution in [2.24, 2.45) is 0 Å². The third kappa shape index (κ3) is 4.20. The third-order valence-corrected chi connectivity index (χ3v) is 3.34. The number of nitrogens with one attached hydrogen (secondary N) is 1. The van der Waals surface area contributed by atoms with Crippen molar-refractivity contribution < 1.29 is 17.9 Å². The normalized spacial score (nSPS) is 17.0. The first-order valence-electron chi connectivity index (χ1n) is 7.09. The maximum atomic E-state index is 12.6. The van der Waals surface area contributed by atoms with Gasteiger partial charge in [-0.2, -0.15) is 13.2 Å². The highest BCUT2D eigenvalue weighted by Crippen LogP contribution is 2.31. The lowest BCUT2D eigenvalue weighted by Gasteiger charge is -2.24. The molecule has 0 amide bonds. The molecule has 1 aromatic heterocycles. The first-order chi connectivity index (χ1) is 10.0. The van der Waals surface area contributed by atoms with Crippen molar-refractivity contribution in [1.82, 2.24) is 10.3 Å². The van der Waals surface area contributed by atoms with Crippen LogP contribution in [0.4, 0.5) is 13.2 Å². The van der Waals surface area contributed by atoms with E-state index < -0.39 is 11.7 Å². The van der Waals surface area contributed by atoms with Crippen molar-refractivity contribution in [2.75, 3.05) is 13.2 Å². The van der Waals surface area contributed by atoms with Gasteiger partial charge < -0.3 is 10.1 Å². The molecule has 0 fully saturated rings. The van der Waals surface area contributed by atoms with Gasteiger partial charge in [0.05, 0.1) is 30.2 Å². The Labute approximate surface area is 122 Å². The van der Waals surface area contributed by atoms with Crippen LogP contribution in [0.25, 0.3) is 0 Å². The van der Waals surface area contributed by atoms with Crippen molar-refractivity contribution in [1.29, 1.82) is 0 Å². The minimum absolute atomic E-state index is 0.187. The van der Waals surface area contributed by atoms with Crippen LogP contribution in [-0.4, -0.2) is 18.1 Å². The Morgan fingerprint density at radius 2 is 2.19 bits per heavy atom. The second kappa shape index (κ2) is 6.93. The van der Waals surface area contributed by atoms with E-state index in [1.54, 1.807) is 6.26 Å². The number of aromatic nitrogens is 1. The molecule has 116 valence electrons. The minimum Gasteiger partial charge on any atom is -0.501 e. The molecule has 1 N–H and O–H groups in total. The Kier molecular flexibility index (Phi) is 5.22. The number of ether oxygens (including phenoxy) is 1. The fourth-order valence-corrected chi connectivity index (χ4v) is 2.25. The predicted octanol–water partition coefficient (Wildman–Crippen LogP) is 3.84. The SMILES string of the molecule is CCCNC(C1=COCCC1)c1ccc(C(F)(F)F)cn1. The molecule has 3 nitrogen and oxygen atoms in total. The van der Waals surface area contributed by atoms with E-state index in [-0.39, 0.29) is 6.04 Å². The molecule has 0 spiro atoms. The summed E-state index contributed by atoms with van der Waals surface area (Å²) in [6.45, 7) is 3.49. The van der Waals surface area contributed by atoms with E-state index in [1.165, 1.54) is 6.07 Å². The first kappa shape index (κ1) is 15.8. The summed E-state index contributed by atoms with van der Waals surface area (Å²) in [5, 5.41) is 3.32. The van der Waals surface area contributed by atoms with E-state index in [2.05, 4.69) is 10.3 Å². The fraction of sp³-hybridized carbons (Fsp3) is 0.533. The van der Waals surface area contributed by atoms with Crippen LogP contribution in [0.15, 0.2) is 30.2 Å². The summed E-state index contributed by atoms with van der Waals surface area (Å²) < 4.78 is 43.1. The Balaban J connectivity index is 2.21. The average molecular weight is 300 g/mol. The number of rotatable bonds is 5. The van der Waals surface area contributed by atoms with Crippen LogP contribution < -0.4 is 5.32 Å². The summed E-state index contributed by atoms with van der Waals surface area (Å²) in [5.74, 6) is 0. The van der Waals surface area contributed by atoms with E-state index in [0.29, 0.717) is 12.3 Å². The third-order valence-electron chi connectivity index (χ3n) is 3.34. The molecule has 6 heteroatoms. The molecule has 0 bridgehead atoms. The highest BCUT2D eigenvalue weighted by atomic mass is 19.4. The summed E-state index contributed by atoms with van der Waals surface area (Å²) in [4.78, 5) is 3.99. The second-order valence-corrected chi connectivity index (χ2v) is 5.02. The number of alkyl halides is 3. The minimum atomic E-state index is -4.36. The van der Waals surface area contributed by atoms with Gasteiger partial charge in [-0.1, -0.05) is 6.92 Å². The average Bonchev–Trinajstić information content (AvgIpc) is 2.48. The van der Waals surface area contributed by atoms with E-state index in [1.807, 2.05) is 6.92 Å². The van der Waals surface area contributed by atoms with Gasteiger partial charge in [0.1, 0.15) is 0 Å². The van der Waals surface area contributed by atoms with Crippen molar-refractivity contribution in [3.63, 3.8) is 0 Å². The molecule has 2 rings (SSSR count). The molecular weight excluding hydrogens is 281 g/mol. The van der Waals surface area contributed by atoms with Crippen LogP contribution in [0.2, 0.25) is 0 Å². The van der Waals surface area contributed by atoms with Crippen LogP contribution in [-0.2, 0) is 10.9 Å². The van der Waals surface area contributed by atoms with Gasteiger partial charge in [0.25, 0.3) is 0 Å². The largest absolute Gasteiger partial charge is 0.501 e. The number of halogens is 3. The second-order valence-electron chi connectivity index (χ2n) is 5.02. The van der Waals surface area contributed by atoms with Gasteiger partial charge in [-0.05, 0) is 43.5 Å². The van der Waals surface area contributed by atoms with Crippen molar-refractivity contribution >= 4 is 0 Å². The van der Waals surface area contributed by atoms with Crippen molar-refractivity contribution in [2.45, 2.75) is 38.4 Å². The number of hydrogen-bond acceptors (Lipinski definition) is 3. The maximum Gasteiger partial charge on any atom is 0.417 e. The Bertz CT molecular complexity index is 483. The molecule has 0 aliphatic carbocycles. The van der Waals surface area contributed by atoms with Crippen LogP contribution in [0.1, 0.15) is 43.5 Å². The molecule has 1 unspecified atom stereocenters. The smallest absolute Gasteiger partial charge is 0.417 e. The van der Waals surface area contributed by atoms with Crippen LogP contribution in [0.3, 0.4) is 0 Å². The standard InChI is InChI=1S/C15H19F3N2O/c1-2-7-19-14(11-4-3-8-21-10-11)13-6-5-12(9-20-13)15(16,17)18/h5-6,9-10,14,19H,2-4,7-8H2,1H3. The van der Waals surface area contributed by atoms with Crippen molar-refractivity contribution in [3.05, 3.63) is 41.4 Å². The maximum absolute atomic E-state index is 12.6. The Hall–Kier alpha value is -1.56. The quantitative estimate of drug-likeness (QED) is 0.897. The molecule has 0 saturated carbocycles. The van der Waals surface area contributed by atoms with Crippen LogP contribution in [0.5, 0.6) is 0 Å². The highest BCUT2D eigenvalue weighted by Gasteiger charge is 2.31. The Morgan fingerprint density at radius 1 is 1.38 bits per heavy atom. The van der Waals surface area contributed by atoms with Gasteiger partial charge in [-0.3, -0.25) is 4.98 Å². The lowest BCUT2D eigenvalue weighted by atomic mass is 9.98. The molecule has 2 heterocycles. The Morgan fingerprint density at radius 3 is 2.71 bits per heavy atom. The lowest BCUT2D eigenvalue weighted by molar-refractivity contribution is -0.137. The summed E-state index contributed by atoms with van der Waals surface area (Å²) >= 11 is 0. The summed E-state index contributed by atoms with van der Waals surface area (Å²) in [6, 6.07) is 2.33. The van der Waals surface area contributed by atoms with Gasteiger partial charge in [-0.25, -0.2) is 0 Å². The van der Waals surface area contributed by atoms with E-state index >= 15 is 0 Å². The summed E-state index contributed by atoms with van der Waals surface area (Å²) in [5.41, 5.74) is 0.893. The lowest BCUT2D eigenvalue weighted by Crippen LogP contribution is -2.26. The number of pyridine rings is 1. The van der Waals surface area contributed by atoms with Gasteiger partial charge in [-0.15, -0.1) is 0 Å². The summed E-state index contributed by atoms with van der Waals surface area (Å²) in [7, 11) is 0. The van der Waals surface area contributed by atoms with Gasteiger partial charge in [0.2, 0.25) is 0 Å². The van der Waals surface area contributed by atoms with Gasteiger partial charge >= 0.3 is 6.18 Å². The molecule has 0 saturated heterocycles. The van der Waals surface area contributed by atoms with E-state index in [4.69, 9.17) is 4.74 Å².